The highest BCUT2D eigenvalue weighted by molar-refractivity contribution is 7.89. The molecule has 0 aromatic heterocycles. The van der Waals surface area contributed by atoms with Crippen molar-refractivity contribution in [2.75, 3.05) is 0 Å². The van der Waals surface area contributed by atoms with Gasteiger partial charge in [-0.25, -0.2) is 13.1 Å². The lowest BCUT2D eigenvalue weighted by Gasteiger charge is -2.31. The van der Waals surface area contributed by atoms with E-state index in [2.05, 4.69) is 11.3 Å². The lowest BCUT2D eigenvalue weighted by Crippen LogP contribution is -2.43. The molecule has 0 aliphatic carbocycles. The predicted molar refractivity (Wildman–Crippen MR) is 84.2 cm³/mol. The molecule has 3 nitrogen and oxygen atoms in total. The summed E-state index contributed by atoms with van der Waals surface area (Å²) in [6.07, 6.45) is 3.36. The first kappa shape index (κ1) is 16.9. The van der Waals surface area contributed by atoms with Crippen LogP contribution in [0.15, 0.2) is 41.8 Å². The van der Waals surface area contributed by atoms with Gasteiger partial charge in [-0.15, -0.1) is 6.58 Å². The molecule has 4 heteroatoms. The minimum Gasteiger partial charge on any atom is -0.208 e. The zero-order valence-corrected chi connectivity index (χ0v) is 13.6. The summed E-state index contributed by atoms with van der Waals surface area (Å²) in [6.45, 7) is 11.8. The Labute approximate surface area is 123 Å². The fraction of sp³-hybridized carbons (Fsp3) is 0.500. The molecule has 0 amide bonds. The van der Waals surface area contributed by atoms with E-state index in [0.29, 0.717) is 4.90 Å². The van der Waals surface area contributed by atoms with Crippen LogP contribution in [-0.4, -0.2) is 14.5 Å². The van der Waals surface area contributed by atoms with E-state index >= 15 is 0 Å². The van der Waals surface area contributed by atoms with Gasteiger partial charge in [0.2, 0.25) is 10.0 Å². The SMILES string of the molecule is C=CCC[C@@H](NS(=O)(=O)c1ccc(C)cc1)C(C)(C)C. The molecule has 1 N–H and O–H groups in total. The van der Waals surface area contributed by atoms with E-state index in [1.54, 1.807) is 12.1 Å². The first-order valence-electron chi connectivity index (χ1n) is 6.87. The molecule has 1 aromatic carbocycles. The van der Waals surface area contributed by atoms with Crippen LogP contribution in [0, 0.1) is 12.3 Å². The lowest BCUT2D eigenvalue weighted by molar-refractivity contribution is 0.286. The number of aryl methyl sites for hydroxylation is 1. The Balaban J connectivity index is 2.96. The van der Waals surface area contributed by atoms with Gasteiger partial charge in [-0.2, -0.15) is 0 Å². The van der Waals surface area contributed by atoms with Crippen molar-refractivity contribution < 1.29 is 8.42 Å². The Morgan fingerprint density at radius 2 is 1.80 bits per heavy atom. The molecule has 20 heavy (non-hydrogen) atoms. The minimum absolute atomic E-state index is 0.119. The largest absolute Gasteiger partial charge is 0.240 e. The summed E-state index contributed by atoms with van der Waals surface area (Å²) in [5, 5.41) is 0. The van der Waals surface area contributed by atoms with Gasteiger partial charge in [0.1, 0.15) is 0 Å². The van der Waals surface area contributed by atoms with E-state index in [4.69, 9.17) is 0 Å². The quantitative estimate of drug-likeness (QED) is 0.814. The van der Waals surface area contributed by atoms with Crippen LogP contribution in [0.4, 0.5) is 0 Å². The third-order valence-corrected chi connectivity index (χ3v) is 4.82. The molecule has 0 unspecified atom stereocenters. The standard InChI is InChI=1S/C16H25NO2S/c1-6-7-8-15(16(3,4)5)17-20(18,19)14-11-9-13(2)10-12-14/h6,9-12,15,17H,1,7-8H2,2-5H3/t15-/m1/s1. The predicted octanol–water partition coefficient (Wildman–Crippen LogP) is 3.65. The number of benzene rings is 1. The van der Waals surface area contributed by atoms with Crippen LogP contribution in [0.3, 0.4) is 0 Å². The maximum atomic E-state index is 12.4. The fourth-order valence-electron chi connectivity index (χ4n) is 1.93. The molecule has 0 saturated heterocycles. The topological polar surface area (TPSA) is 46.2 Å². The molecule has 0 heterocycles. The summed E-state index contributed by atoms with van der Waals surface area (Å²) in [4.78, 5) is 0.316. The highest BCUT2D eigenvalue weighted by Gasteiger charge is 2.28. The van der Waals surface area contributed by atoms with Crippen molar-refractivity contribution in [3.05, 3.63) is 42.5 Å². The van der Waals surface area contributed by atoms with Gasteiger partial charge in [0.15, 0.2) is 0 Å². The van der Waals surface area contributed by atoms with Gasteiger partial charge in [-0.3, -0.25) is 0 Å². The molecule has 0 bridgehead atoms. The summed E-state index contributed by atoms with van der Waals surface area (Å²) >= 11 is 0. The van der Waals surface area contributed by atoms with Crippen molar-refractivity contribution in [2.45, 2.75) is 51.5 Å². The lowest BCUT2D eigenvalue weighted by atomic mass is 9.85. The second-order valence-electron chi connectivity index (χ2n) is 6.22. The molecule has 0 fully saturated rings. The summed E-state index contributed by atoms with van der Waals surface area (Å²) in [6, 6.07) is 6.79. The monoisotopic (exact) mass is 295 g/mol. The number of allylic oxidation sites excluding steroid dienone is 1. The number of sulfonamides is 1. The number of rotatable bonds is 6. The maximum absolute atomic E-state index is 12.4. The first-order valence-corrected chi connectivity index (χ1v) is 8.35. The van der Waals surface area contributed by atoms with Crippen molar-refractivity contribution >= 4 is 10.0 Å². The summed E-state index contributed by atoms with van der Waals surface area (Å²) in [7, 11) is -3.47. The van der Waals surface area contributed by atoms with Crippen molar-refractivity contribution in [1.29, 1.82) is 0 Å². The highest BCUT2D eigenvalue weighted by atomic mass is 32.2. The Hall–Kier alpha value is -1.13. The molecule has 0 saturated carbocycles. The first-order chi connectivity index (χ1) is 9.16. The summed E-state index contributed by atoms with van der Waals surface area (Å²) < 4.78 is 27.7. The van der Waals surface area contributed by atoms with E-state index < -0.39 is 10.0 Å². The van der Waals surface area contributed by atoms with Crippen LogP contribution in [-0.2, 0) is 10.0 Å². The summed E-state index contributed by atoms with van der Waals surface area (Å²) in [5.41, 5.74) is 0.906. The average Bonchev–Trinajstić information content (AvgIpc) is 2.33. The maximum Gasteiger partial charge on any atom is 0.240 e. The van der Waals surface area contributed by atoms with Gasteiger partial charge in [0.25, 0.3) is 0 Å². The van der Waals surface area contributed by atoms with Gasteiger partial charge < -0.3 is 0 Å². The number of hydrogen-bond acceptors (Lipinski definition) is 2. The second kappa shape index (κ2) is 6.55. The highest BCUT2D eigenvalue weighted by Crippen LogP contribution is 2.25. The van der Waals surface area contributed by atoms with Gasteiger partial charge in [-0.1, -0.05) is 44.5 Å². The van der Waals surface area contributed by atoms with Crippen molar-refractivity contribution in [2.24, 2.45) is 5.41 Å². The summed E-state index contributed by atoms with van der Waals surface area (Å²) in [5.74, 6) is 0. The molecule has 112 valence electrons. The second-order valence-corrected chi connectivity index (χ2v) is 7.93. The van der Waals surface area contributed by atoms with Gasteiger partial charge in [0.05, 0.1) is 4.90 Å². The van der Waals surface area contributed by atoms with Gasteiger partial charge in [0, 0.05) is 6.04 Å². The molecule has 0 aliphatic rings. The van der Waals surface area contributed by atoms with E-state index in [1.165, 1.54) is 0 Å². The Kier molecular flexibility index (Phi) is 5.54. The smallest absolute Gasteiger partial charge is 0.208 e. The number of hydrogen-bond donors (Lipinski definition) is 1. The molecule has 0 aliphatic heterocycles. The molecule has 0 spiro atoms. The van der Waals surface area contributed by atoms with Crippen LogP contribution in [0.5, 0.6) is 0 Å². The minimum atomic E-state index is -3.47. The Morgan fingerprint density at radius 1 is 1.25 bits per heavy atom. The normalized spacial score (nSPS) is 14.0. The van der Waals surface area contributed by atoms with E-state index in [1.807, 2.05) is 45.9 Å². The van der Waals surface area contributed by atoms with Crippen molar-refractivity contribution in [1.82, 2.24) is 4.72 Å². The molecule has 0 radical (unpaired) electrons. The molecular formula is C16H25NO2S. The molecule has 1 rings (SSSR count). The zero-order chi connectivity index (χ0) is 15.4. The Morgan fingerprint density at radius 3 is 2.25 bits per heavy atom. The Bertz CT molecular complexity index is 539. The average molecular weight is 295 g/mol. The van der Waals surface area contributed by atoms with Gasteiger partial charge in [-0.05, 0) is 37.3 Å². The van der Waals surface area contributed by atoms with Crippen LogP contribution in [0.25, 0.3) is 0 Å². The molecule has 1 aromatic rings. The molecule has 1 atom stereocenters. The van der Waals surface area contributed by atoms with Crippen LogP contribution in [0.2, 0.25) is 0 Å². The van der Waals surface area contributed by atoms with Crippen molar-refractivity contribution in [3.63, 3.8) is 0 Å². The van der Waals surface area contributed by atoms with E-state index in [-0.39, 0.29) is 11.5 Å². The molecular weight excluding hydrogens is 270 g/mol. The third-order valence-electron chi connectivity index (χ3n) is 3.33. The van der Waals surface area contributed by atoms with Crippen LogP contribution >= 0.6 is 0 Å². The van der Waals surface area contributed by atoms with Crippen LogP contribution < -0.4 is 4.72 Å². The van der Waals surface area contributed by atoms with E-state index in [9.17, 15) is 8.42 Å². The van der Waals surface area contributed by atoms with Crippen molar-refractivity contribution in [3.8, 4) is 0 Å². The van der Waals surface area contributed by atoms with Crippen LogP contribution in [0.1, 0.15) is 39.2 Å². The fourth-order valence-corrected chi connectivity index (χ4v) is 3.40. The number of nitrogens with one attached hydrogen (secondary N) is 1. The van der Waals surface area contributed by atoms with Gasteiger partial charge >= 0.3 is 0 Å². The third kappa shape index (κ3) is 4.76. The zero-order valence-electron chi connectivity index (χ0n) is 12.8. The van der Waals surface area contributed by atoms with E-state index in [0.717, 1.165) is 18.4 Å².